The van der Waals surface area contributed by atoms with Gasteiger partial charge in [-0.05, 0) is 55.3 Å². The molecule has 0 saturated heterocycles. The number of rotatable bonds is 3. The summed E-state index contributed by atoms with van der Waals surface area (Å²) in [6.45, 7) is 5.74. The lowest BCUT2D eigenvalue weighted by atomic mass is 10.1. The van der Waals surface area contributed by atoms with Crippen molar-refractivity contribution < 1.29 is 0 Å². The van der Waals surface area contributed by atoms with E-state index in [0.29, 0.717) is 6.54 Å². The molecule has 1 N–H and O–H groups in total. The number of nitrogens with one attached hydrogen (secondary N) is 1. The van der Waals surface area contributed by atoms with Crippen LogP contribution in [0.1, 0.15) is 22.4 Å². The number of nitrogens with zero attached hydrogens (tertiary/aromatic N) is 6. The predicted molar refractivity (Wildman–Crippen MR) is 135 cm³/mol. The van der Waals surface area contributed by atoms with E-state index in [0.717, 1.165) is 63.4 Å². The van der Waals surface area contributed by atoms with Crippen molar-refractivity contribution in [2.45, 2.75) is 26.8 Å². The van der Waals surface area contributed by atoms with Crippen LogP contribution in [0.2, 0.25) is 0 Å². The molecule has 0 atom stereocenters. The van der Waals surface area contributed by atoms with Crippen molar-refractivity contribution in [3.63, 3.8) is 0 Å². The SMILES string of the molecule is Cc1cc(C)cc(-n2nc3c(c2-n2ccn(-c4ccc5c(cnn5C)c4)c2=O)CNCC3)c1.Cl. The first-order chi connectivity index (χ1) is 16.0. The summed E-state index contributed by atoms with van der Waals surface area (Å²) in [6.07, 6.45) is 6.31. The van der Waals surface area contributed by atoms with Crippen molar-refractivity contribution in [1.29, 1.82) is 0 Å². The highest BCUT2D eigenvalue weighted by molar-refractivity contribution is 5.85. The Kier molecular flexibility index (Phi) is 5.42. The Morgan fingerprint density at radius 2 is 1.74 bits per heavy atom. The highest BCUT2D eigenvalue weighted by atomic mass is 35.5. The second-order valence-corrected chi connectivity index (χ2v) is 8.77. The molecule has 1 aliphatic rings. The summed E-state index contributed by atoms with van der Waals surface area (Å²) in [5.41, 5.74) is 7.12. The van der Waals surface area contributed by atoms with Crippen LogP contribution in [0.4, 0.5) is 0 Å². The highest BCUT2D eigenvalue weighted by Gasteiger charge is 2.24. The Morgan fingerprint density at radius 1 is 0.971 bits per heavy atom. The minimum Gasteiger partial charge on any atom is -0.312 e. The first kappa shape index (κ1) is 22.2. The summed E-state index contributed by atoms with van der Waals surface area (Å²) in [5, 5.41) is 13.7. The molecule has 174 valence electrons. The number of aryl methyl sites for hydroxylation is 3. The molecule has 9 heteroatoms. The van der Waals surface area contributed by atoms with Crippen LogP contribution in [0, 0.1) is 13.8 Å². The summed E-state index contributed by atoms with van der Waals surface area (Å²) in [6, 6.07) is 12.3. The van der Waals surface area contributed by atoms with Gasteiger partial charge in [0.2, 0.25) is 0 Å². The molecular formula is C25H26ClN7O. The topological polar surface area (TPSA) is 74.6 Å². The van der Waals surface area contributed by atoms with Crippen molar-refractivity contribution in [3.8, 4) is 17.2 Å². The van der Waals surface area contributed by atoms with Gasteiger partial charge in [-0.3, -0.25) is 13.8 Å². The molecule has 34 heavy (non-hydrogen) atoms. The molecular weight excluding hydrogens is 450 g/mol. The molecule has 4 heterocycles. The third kappa shape index (κ3) is 3.46. The van der Waals surface area contributed by atoms with Gasteiger partial charge in [0.1, 0.15) is 5.82 Å². The second kappa shape index (κ2) is 8.30. The largest absolute Gasteiger partial charge is 0.338 e. The smallest absolute Gasteiger partial charge is 0.312 e. The Balaban J connectivity index is 0.00000241. The minimum absolute atomic E-state index is 0. The van der Waals surface area contributed by atoms with Crippen molar-refractivity contribution in [1.82, 2.24) is 34.0 Å². The van der Waals surface area contributed by atoms with Gasteiger partial charge >= 0.3 is 5.69 Å². The molecule has 0 radical (unpaired) electrons. The number of fused-ring (bicyclic) bond motifs is 2. The normalized spacial score (nSPS) is 13.1. The number of hydrogen-bond donors (Lipinski definition) is 1. The molecule has 1 aliphatic heterocycles. The van der Waals surface area contributed by atoms with Crippen molar-refractivity contribution in [2.24, 2.45) is 7.05 Å². The molecule has 6 rings (SSSR count). The average Bonchev–Trinajstić information content (AvgIpc) is 3.47. The Hall–Kier alpha value is -3.62. The van der Waals surface area contributed by atoms with Gasteiger partial charge in [-0.2, -0.15) is 10.2 Å². The fourth-order valence-electron chi connectivity index (χ4n) is 4.82. The number of benzene rings is 2. The first-order valence-corrected chi connectivity index (χ1v) is 11.1. The fraction of sp³-hybridized carbons (Fsp3) is 0.240. The molecule has 0 aliphatic carbocycles. The Labute approximate surface area is 202 Å². The van der Waals surface area contributed by atoms with Crippen LogP contribution in [0.25, 0.3) is 28.1 Å². The van der Waals surface area contributed by atoms with Gasteiger partial charge in [0.05, 0.1) is 28.8 Å². The predicted octanol–water partition coefficient (Wildman–Crippen LogP) is 3.38. The third-order valence-corrected chi connectivity index (χ3v) is 6.34. The van der Waals surface area contributed by atoms with Crippen LogP contribution in [-0.4, -0.2) is 35.2 Å². The number of imidazole rings is 1. The summed E-state index contributed by atoms with van der Waals surface area (Å²) in [7, 11) is 1.91. The molecule has 5 aromatic rings. The van der Waals surface area contributed by atoms with E-state index in [1.54, 1.807) is 9.13 Å². The molecule has 0 unspecified atom stereocenters. The van der Waals surface area contributed by atoms with Crippen LogP contribution >= 0.6 is 12.4 Å². The van der Waals surface area contributed by atoms with Crippen LogP contribution in [-0.2, 0) is 20.0 Å². The molecule has 2 aromatic carbocycles. The summed E-state index contributed by atoms with van der Waals surface area (Å²) in [4.78, 5) is 13.7. The summed E-state index contributed by atoms with van der Waals surface area (Å²) >= 11 is 0. The van der Waals surface area contributed by atoms with Gasteiger partial charge in [0.25, 0.3) is 0 Å². The average molecular weight is 476 g/mol. The number of aromatic nitrogens is 6. The van der Waals surface area contributed by atoms with Crippen LogP contribution in [0.15, 0.2) is 59.8 Å². The fourth-order valence-corrected chi connectivity index (χ4v) is 4.82. The molecule has 0 saturated carbocycles. The summed E-state index contributed by atoms with van der Waals surface area (Å²) in [5.74, 6) is 0.799. The Bertz CT molecular complexity index is 1570. The monoisotopic (exact) mass is 475 g/mol. The molecule has 3 aromatic heterocycles. The lowest BCUT2D eigenvalue weighted by Gasteiger charge is -2.14. The zero-order chi connectivity index (χ0) is 22.7. The molecule has 0 amide bonds. The van der Waals surface area contributed by atoms with Crippen LogP contribution < -0.4 is 11.0 Å². The molecule has 0 spiro atoms. The van der Waals surface area contributed by atoms with E-state index in [2.05, 4.69) is 42.5 Å². The lowest BCUT2D eigenvalue weighted by Crippen LogP contribution is -2.27. The van der Waals surface area contributed by atoms with E-state index in [1.807, 2.05) is 53.2 Å². The number of halogens is 1. The highest BCUT2D eigenvalue weighted by Crippen LogP contribution is 2.26. The van der Waals surface area contributed by atoms with Crippen molar-refractivity contribution in [2.75, 3.05) is 6.54 Å². The van der Waals surface area contributed by atoms with Gasteiger partial charge in [0, 0.05) is 49.9 Å². The zero-order valence-electron chi connectivity index (χ0n) is 19.3. The van der Waals surface area contributed by atoms with Gasteiger partial charge in [-0.25, -0.2) is 9.48 Å². The van der Waals surface area contributed by atoms with Gasteiger partial charge in [-0.1, -0.05) is 6.07 Å². The second-order valence-electron chi connectivity index (χ2n) is 8.77. The molecule has 8 nitrogen and oxygen atoms in total. The maximum atomic E-state index is 13.7. The van der Waals surface area contributed by atoms with Crippen LogP contribution in [0.3, 0.4) is 0 Å². The number of hydrogen-bond acceptors (Lipinski definition) is 4. The third-order valence-electron chi connectivity index (χ3n) is 6.34. The lowest BCUT2D eigenvalue weighted by molar-refractivity contribution is 0.634. The van der Waals surface area contributed by atoms with Crippen molar-refractivity contribution >= 4 is 23.3 Å². The molecule has 0 bridgehead atoms. The first-order valence-electron chi connectivity index (χ1n) is 11.1. The zero-order valence-corrected chi connectivity index (χ0v) is 20.1. The maximum absolute atomic E-state index is 13.7. The standard InChI is InChI=1S/C25H25N7O.ClH/c1-16-10-17(2)12-20(11-16)32-24(21-15-26-7-6-22(21)28-32)31-9-8-30(25(31)33)19-4-5-23-18(13-19)14-27-29(23)3;/h4-5,8-14,26H,6-7,15H2,1-3H3;1H. The van der Waals surface area contributed by atoms with E-state index in [4.69, 9.17) is 5.10 Å². The van der Waals surface area contributed by atoms with E-state index in [-0.39, 0.29) is 18.1 Å². The van der Waals surface area contributed by atoms with E-state index < -0.39 is 0 Å². The Morgan fingerprint density at radius 3 is 2.53 bits per heavy atom. The van der Waals surface area contributed by atoms with Gasteiger partial charge < -0.3 is 5.32 Å². The maximum Gasteiger partial charge on any atom is 0.338 e. The van der Waals surface area contributed by atoms with E-state index >= 15 is 0 Å². The van der Waals surface area contributed by atoms with Crippen molar-refractivity contribution in [3.05, 3.63) is 87.9 Å². The quantitative estimate of drug-likeness (QED) is 0.434. The van der Waals surface area contributed by atoms with Gasteiger partial charge in [-0.15, -0.1) is 12.4 Å². The van der Waals surface area contributed by atoms with E-state index in [1.165, 1.54) is 0 Å². The van der Waals surface area contributed by atoms with Gasteiger partial charge in [0.15, 0.2) is 0 Å². The minimum atomic E-state index is -0.128. The van der Waals surface area contributed by atoms with E-state index in [9.17, 15) is 4.79 Å². The molecule has 0 fully saturated rings. The summed E-state index contributed by atoms with van der Waals surface area (Å²) < 4.78 is 7.14. The van der Waals surface area contributed by atoms with Crippen LogP contribution in [0.5, 0.6) is 0 Å².